The first-order valence-electron chi connectivity index (χ1n) is 9.19. The van der Waals surface area contributed by atoms with E-state index < -0.39 is 5.66 Å². The number of fused-ring (bicyclic) bond motifs is 3. The molecule has 0 saturated carbocycles. The smallest absolute Gasteiger partial charge is 0.256 e. The molecule has 1 atom stereocenters. The topological polar surface area (TPSA) is 83.4 Å². The second-order valence-corrected chi connectivity index (χ2v) is 7.37. The fourth-order valence-electron chi connectivity index (χ4n) is 4.32. The summed E-state index contributed by atoms with van der Waals surface area (Å²) in [5.41, 5.74) is 4.24. The highest BCUT2D eigenvalue weighted by Crippen LogP contribution is 2.49. The zero-order chi connectivity index (χ0) is 20.0. The van der Waals surface area contributed by atoms with Crippen molar-refractivity contribution in [2.24, 2.45) is 0 Å². The quantitative estimate of drug-likeness (QED) is 0.710. The van der Waals surface area contributed by atoms with Gasteiger partial charge in [0.25, 0.3) is 5.91 Å². The van der Waals surface area contributed by atoms with Crippen LogP contribution in [0.5, 0.6) is 0 Å². The summed E-state index contributed by atoms with van der Waals surface area (Å²) in [6.07, 6.45) is 2.96. The number of nitrogens with one attached hydrogen (secondary N) is 1. The molecule has 5 rings (SSSR count). The van der Waals surface area contributed by atoms with E-state index in [4.69, 9.17) is 11.6 Å². The van der Waals surface area contributed by atoms with Crippen molar-refractivity contribution in [3.05, 3.63) is 82.9 Å². The van der Waals surface area contributed by atoms with E-state index >= 15 is 0 Å². The van der Waals surface area contributed by atoms with Crippen LogP contribution < -0.4 is 5.43 Å². The first kappa shape index (κ1) is 17.7. The molecule has 9 heteroatoms. The normalized spacial score (nSPS) is 20.0. The van der Waals surface area contributed by atoms with Crippen molar-refractivity contribution >= 4 is 23.4 Å². The lowest BCUT2D eigenvalue weighted by Gasteiger charge is -2.40. The molecule has 0 aliphatic carbocycles. The molecule has 3 aromatic rings. The monoisotopic (exact) mass is 408 g/mol. The highest BCUT2D eigenvalue weighted by Gasteiger charge is 2.59. The number of hydrogen-bond acceptors (Lipinski definition) is 5. The Morgan fingerprint density at radius 1 is 1.07 bits per heavy atom. The van der Waals surface area contributed by atoms with Gasteiger partial charge in [0, 0.05) is 34.8 Å². The molecule has 146 valence electrons. The highest BCUT2D eigenvalue weighted by atomic mass is 35.5. The van der Waals surface area contributed by atoms with E-state index in [0.29, 0.717) is 23.7 Å². The van der Waals surface area contributed by atoms with E-state index in [-0.39, 0.29) is 18.4 Å². The van der Waals surface area contributed by atoms with E-state index in [1.165, 1.54) is 17.3 Å². The van der Waals surface area contributed by atoms with E-state index in [1.807, 2.05) is 36.4 Å². The molecular weight excluding hydrogens is 392 g/mol. The second-order valence-electron chi connectivity index (χ2n) is 6.93. The molecule has 3 heterocycles. The van der Waals surface area contributed by atoms with Crippen molar-refractivity contribution in [1.82, 2.24) is 24.7 Å². The SMILES string of the molecule is O=C(CNn1cnnc1)N1CCN2C(=O)c3ccccc3C12c1ccc(Cl)cc1. The third-order valence-electron chi connectivity index (χ3n) is 5.49. The number of halogens is 1. The Hall–Kier alpha value is -3.39. The fraction of sp³-hybridized carbons (Fsp3) is 0.200. The van der Waals surface area contributed by atoms with E-state index in [9.17, 15) is 9.59 Å². The van der Waals surface area contributed by atoms with Crippen LogP contribution in [0.4, 0.5) is 0 Å². The summed E-state index contributed by atoms with van der Waals surface area (Å²) in [7, 11) is 0. The molecule has 2 aromatic carbocycles. The summed E-state index contributed by atoms with van der Waals surface area (Å²) < 4.78 is 1.52. The van der Waals surface area contributed by atoms with Gasteiger partial charge in [-0.1, -0.05) is 41.9 Å². The molecule has 0 bridgehead atoms. The second kappa shape index (κ2) is 6.59. The highest BCUT2D eigenvalue weighted by molar-refractivity contribution is 6.30. The molecular formula is C20H17ClN6O2. The summed E-state index contributed by atoms with van der Waals surface area (Å²) >= 11 is 6.11. The van der Waals surface area contributed by atoms with E-state index in [0.717, 1.165) is 11.1 Å². The number of aromatic nitrogens is 3. The summed E-state index contributed by atoms with van der Waals surface area (Å²) in [4.78, 5) is 30.0. The van der Waals surface area contributed by atoms with Crippen LogP contribution in [0.25, 0.3) is 0 Å². The van der Waals surface area contributed by atoms with Gasteiger partial charge in [-0.05, 0) is 18.2 Å². The van der Waals surface area contributed by atoms with Gasteiger partial charge in [-0.25, -0.2) is 4.68 Å². The number of rotatable bonds is 4. The molecule has 2 amide bonds. The van der Waals surface area contributed by atoms with Gasteiger partial charge in [0.1, 0.15) is 19.2 Å². The molecule has 1 saturated heterocycles. The Labute approximate surface area is 171 Å². The van der Waals surface area contributed by atoms with Crippen molar-refractivity contribution in [1.29, 1.82) is 0 Å². The molecule has 0 radical (unpaired) electrons. The minimum atomic E-state index is -0.982. The van der Waals surface area contributed by atoms with Gasteiger partial charge in [-0.2, -0.15) is 0 Å². The average molecular weight is 409 g/mol. The fourth-order valence-corrected chi connectivity index (χ4v) is 4.44. The Morgan fingerprint density at radius 3 is 2.55 bits per heavy atom. The van der Waals surface area contributed by atoms with Crippen molar-refractivity contribution in [2.75, 3.05) is 25.1 Å². The van der Waals surface area contributed by atoms with Crippen molar-refractivity contribution in [3.8, 4) is 0 Å². The predicted octanol–water partition coefficient (Wildman–Crippen LogP) is 1.67. The number of amides is 2. The van der Waals surface area contributed by atoms with Gasteiger partial charge in [-0.15, -0.1) is 10.2 Å². The van der Waals surface area contributed by atoms with Crippen LogP contribution >= 0.6 is 11.6 Å². The zero-order valence-corrected chi connectivity index (χ0v) is 16.1. The predicted molar refractivity (Wildman–Crippen MR) is 106 cm³/mol. The summed E-state index contributed by atoms with van der Waals surface area (Å²) in [5, 5.41) is 8.04. The Morgan fingerprint density at radius 2 is 1.79 bits per heavy atom. The lowest BCUT2D eigenvalue weighted by Crippen LogP contribution is -2.53. The van der Waals surface area contributed by atoms with Crippen LogP contribution in [0.3, 0.4) is 0 Å². The molecule has 1 fully saturated rings. The van der Waals surface area contributed by atoms with Crippen LogP contribution in [0.15, 0.2) is 61.2 Å². The largest absolute Gasteiger partial charge is 0.314 e. The molecule has 8 nitrogen and oxygen atoms in total. The van der Waals surface area contributed by atoms with Gasteiger partial charge in [-0.3, -0.25) is 9.59 Å². The molecule has 0 spiro atoms. The van der Waals surface area contributed by atoms with E-state index in [1.54, 1.807) is 21.9 Å². The third-order valence-corrected chi connectivity index (χ3v) is 5.74. The van der Waals surface area contributed by atoms with Gasteiger partial charge in [0.05, 0.1) is 0 Å². The molecule has 1 aromatic heterocycles. The molecule has 2 aliphatic heterocycles. The maximum absolute atomic E-state index is 13.3. The number of benzene rings is 2. The number of carbonyl (C=O) groups excluding carboxylic acids is 2. The first-order chi connectivity index (χ1) is 14.1. The van der Waals surface area contributed by atoms with E-state index in [2.05, 4.69) is 15.6 Å². The maximum atomic E-state index is 13.3. The van der Waals surface area contributed by atoms with Gasteiger partial charge >= 0.3 is 0 Å². The molecule has 1 unspecified atom stereocenters. The third kappa shape index (κ3) is 2.52. The number of nitrogens with zero attached hydrogens (tertiary/aromatic N) is 5. The van der Waals surface area contributed by atoms with Crippen molar-refractivity contribution < 1.29 is 9.59 Å². The molecule has 1 N–H and O–H groups in total. The molecule has 29 heavy (non-hydrogen) atoms. The van der Waals surface area contributed by atoms with Gasteiger partial charge < -0.3 is 15.2 Å². The molecule has 2 aliphatic rings. The lowest BCUT2D eigenvalue weighted by molar-refractivity contribution is -0.134. The van der Waals surface area contributed by atoms with Crippen LogP contribution in [-0.4, -0.2) is 56.1 Å². The minimum Gasteiger partial charge on any atom is -0.314 e. The maximum Gasteiger partial charge on any atom is 0.256 e. The Bertz CT molecular complexity index is 1080. The lowest BCUT2D eigenvalue weighted by atomic mass is 9.90. The summed E-state index contributed by atoms with van der Waals surface area (Å²) in [6.45, 7) is 0.928. The summed E-state index contributed by atoms with van der Waals surface area (Å²) in [6, 6.07) is 14.8. The minimum absolute atomic E-state index is 0.0393. The van der Waals surface area contributed by atoms with Crippen molar-refractivity contribution in [2.45, 2.75) is 5.66 Å². The van der Waals surface area contributed by atoms with Gasteiger partial charge in [0.2, 0.25) is 5.91 Å². The Kier molecular flexibility index (Phi) is 4.02. The average Bonchev–Trinajstić information content (AvgIpc) is 3.44. The van der Waals surface area contributed by atoms with Crippen LogP contribution in [0.1, 0.15) is 21.5 Å². The van der Waals surface area contributed by atoms with Crippen molar-refractivity contribution in [3.63, 3.8) is 0 Å². The summed E-state index contributed by atoms with van der Waals surface area (Å²) in [5.74, 6) is -0.210. The number of carbonyl (C=O) groups is 2. The van der Waals surface area contributed by atoms with Crippen LogP contribution in [0.2, 0.25) is 5.02 Å². The van der Waals surface area contributed by atoms with Crippen LogP contribution in [-0.2, 0) is 10.5 Å². The zero-order valence-electron chi connectivity index (χ0n) is 15.3. The number of hydrogen-bond donors (Lipinski definition) is 1. The van der Waals surface area contributed by atoms with Crippen LogP contribution in [0, 0.1) is 0 Å². The first-order valence-corrected chi connectivity index (χ1v) is 9.56. The van der Waals surface area contributed by atoms with Gasteiger partial charge in [0.15, 0.2) is 5.66 Å². The standard InChI is InChI=1S/C20H17ClN6O2/c21-15-7-5-14(6-8-15)20-17-4-2-1-3-16(17)19(29)27(20)10-9-26(20)18(28)11-24-25-12-22-23-13-25/h1-8,12-13,24H,9-11H2. The Balaban J connectivity index is 1.61.